The third kappa shape index (κ3) is 132. The first kappa shape index (κ1) is 9.59. The van der Waals surface area contributed by atoms with Gasteiger partial charge in [-0.2, -0.15) is 0 Å². The van der Waals surface area contributed by atoms with Gasteiger partial charge in [0.2, 0.25) is 6.93 Å². The first-order chi connectivity index (χ1) is 3.15. The van der Waals surface area contributed by atoms with Crippen molar-refractivity contribution in [2.24, 2.45) is 0 Å². The highest BCUT2D eigenvalue weighted by atomic mass is 19.3. The number of hydrogen-bond acceptors (Lipinski definition) is 1. The molecule has 0 saturated carbocycles. The number of hydrogen-bond donors (Lipinski definition) is 1. The molecular formula is C3H6F2O2. The summed E-state index contributed by atoms with van der Waals surface area (Å²) in [5.41, 5.74) is 0. The number of rotatable bonds is 0. The van der Waals surface area contributed by atoms with Gasteiger partial charge in [-0.25, -0.2) is 8.78 Å². The highest BCUT2D eigenvalue weighted by molar-refractivity contribution is 5.62. The monoisotopic (exact) mass is 112 g/mol. The third-order valence-electron chi connectivity index (χ3n) is 0. The molecule has 4 heteroatoms. The molecule has 0 unspecified atom stereocenters. The van der Waals surface area contributed by atoms with E-state index in [0.29, 0.717) is 0 Å². The highest BCUT2D eigenvalue weighted by Gasteiger charge is 1.65. The number of halogens is 2. The van der Waals surface area contributed by atoms with E-state index in [1.54, 1.807) is 0 Å². The van der Waals surface area contributed by atoms with Crippen LogP contribution in [0.3, 0.4) is 0 Å². The highest BCUT2D eigenvalue weighted by Crippen LogP contribution is 1.56. The van der Waals surface area contributed by atoms with Crippen molar-refractivity contribution in [1.82, 2.24) is 0 Å². The van der Waals surface area contributed by atoms with Crippen molar-refractivity contribution in [2.45, 2.75) is 6.92 Å². The molecule has 0 aliphatic heterocycles. The van der Waals surface area contributed by atoms with Gasteiger partial charge in [-0.05, 0) is 0 Å². The van der Waals surface area contributed by atoms with Crippen molar-refractivity contribution < 1.29 is 18.7 Å². The maximum atomic E-state index is 9.62. The lowest BCUT2D eigenvalue weighted by molar-refractivity contribution is -0.134. The van der Waals surface area contributed by atoms with Crippen molar-refractivity contribution >= 4 is 5.97 Å². The van der Waals surface area contributed by atoms with Crippen LogP contribution in [0.15, 0.2) is 0 Å². The molecule has 2 nitrogen and oxygen atoms in total. The molecule has 0 aliphatic carbocycles. The topological polar surface area (TPSA) is 37.3 Å². The van der Waals surface area contributed by atoms with E-state index >= 15 is 0 Å². The molecule has 1 N–H and O–H groups in total. The molecule has 0 atom stereocenters. The smallest absolute Gasteiger partial charge is 0.300 e. The van der Waals surface area contributed by atoms with E-state index in [0.717, 1.165) is 6.92 Å². The molecule has 44 valence electrons. The Hall–Kier alpha value is -0.670. The average Bonchev–Trinajstić information content (AvgIpc) is 1.33. The Kier molecular flexibility index (Phi) is 12.3. The normalized spacial score (nSPS) is 6.14. The Morgan fingerprint density at radius 2 is 1.71 bits per heavy atom. The Bertz CT molecular complexity index is 42.2. The molecule has 0 heterocycles. The summed E-state index contributed by atoms with van der Waals surface area (Å²) in [6, 6.07) is 0. The third-order valence-corrected chi connectivity index (χ3v) is 0. The molecule has 0 aromatic heterocycles. The van der Waals surface area contributed by atoms with Crippen molar-refractivity contribution in [3.8, 4) is 0 Å². The summed E-state index contributed by atoms with van der Waals surface area (Å²) in [5.74, 6) is -0.833. The van der Waals surface area contributed by atoms with Gasteiger partial charge in [0.15, 0.2) is 0 Å². The van der Waals surface area contributed by atoms with E-state index in [4.69, 9.17) is 9.90 Å². The minimum Gasteiger partial charge on any atom is -0.481 e. The summed E-state index contributed by atoms with van der Waals surface area (Å²) in [6.45, 7) is -0.667. The summed E-state index contributed by atoms with van der Waals surface area (Å²) >= 11 is 0. The minimum atomic E-state index is -1.75. The summed E-state index contributed by atoms with van der Waals surface area (Å²) in [7, 11) is 0. The predicted octanol–water partition coefficient (Wildman–Crippen LogP) is 0.974. The van der Waals surface area contributed by atoms with Crippen molar-refractivity contribution in [1.29, 1.82) is 0 Å². The SMILES string of the molecule is CC(=O)O.FCF. The van der Waals surface area contributed by atoms with Crippen LogP contribution in [0.1, 0.15) is 6.92 Å². The molecule has 0 bridgehead atoms. The molecule has 0 rings (SSSR count). The number of aliphatic carboxylic acids is 1. The molecule has 0 radical (unpaired) electrons. The van der Waals surface area contributed by atoms with Crippen LogP contribution in [-0.2, 0) is 4.79 Å². The van der Waals surface area contributed by atoms with E-state index < -0.39 is 12.9 Å². The molecule has 0 amide bonds. The summed E-state index contributed by atoms with van der Waals surface area (Å²) in [6.07, 6.45) is 0. The van der Waals surface area contributed by atoms with Gasteiger partial charge < -0.3 is 5.11 Å². The van der Waals surface area contributed by atoms with Crippen molar-refractivity contribution in [2.75, 3.05) is 6.93 Å². The first-order valence-corrected chi connectivity index (χ1v) is 1.46. The van der Waals surface area contributed by atoms with Crippen LogP contribution in [-0.4, -0.2) is 18.0 Å². The zero-order valence-electron chi connectivity index (χ0n) is 3.82. The fraction of sp³-hybridized carbons (Fsp3) is 0.667. The molecule has 0 fully saturated rings. The summed E-state index contributed by atoms with van der Waals surface area (Å²) < 4.78 is 19.2. The van der Waals surface area contributed by atoms with Crippen molar-refractivity contribution in [3.63, 3.8) is 0 Å². The van der Waals surface area contributed by atoms with Gasteiger partial charge in [0.1, 0.15) is 0 Å². The van der Waals surface area contributed by atoms with Crippen LogP contribution in [0.4, 0.5) is 8.78 Å². The quantitative estimate of drug-likeness (QED) is 0.507. The number of carboxylic acids is 1. The lowest BCUT2D eigenvalue weighted by Crippen LogP contribution is -1.78. The Morgan fingerprint density at radius 1 is 1.71 bits per heavy atom. The predicted molar refractivity (Wildman–Crippen MR) is 20.4 cm³/mol. The van der Waals surface area contributed by atoms with Gasteiger partial charge in [0.25, 0.3) is 5.97 Å². The zero-order chi connectivity index (χ0) is 6.28. The Balaban J connectivity index is 0. The van der Waals surface area contributed by atoms with Crippen LogP contribution in [0, 0.1) is 0 Å². The largest absolute Gasteiger partial charge is 0.481 e. The van der Waals surface area contributed by atoms with E-state index in [1.807, 2.05) is 0 Å². The van der Waals surface area contributed by atoms with Crippen LogP contribution < -0.4 is 0 Å². The van der Waals surface area contributed by atoms with Crippen LogP contribution in [0.2, 0.25) is 0 Å². The van der Waals surface area contributed by atoms with Crippen LogP contribution in [0.25, 0.3) is 0 Å². The van der Waals surface area contributed by atoms with Gasteiger partial charge in [-0.15, -0.1) is 0 Å². The van der Waals surface area contributed by atoms with Crippen LogP contribution >= 0.6 is 0 Å². The second-order valence-electron chi connectivity index (χ2n) is 0.620. The minimum absolute atomic E-state index is 0.833. The summed E-state index contributed by atoms with van der Waals surface area (Å²) in [5, 5.41) is 7.42. The number of alkyl halides is 2. The fourth-order valence-corrected chi connectivity index (χ4v) is 0. The average molecular weight is 112 g/mol. The molecule has 0 aromatic carbocycles. The van der Waals surface area contributed by atoms with E-state index in [-0.39, 0.29) is 0 Å². The molecule has 0 aromatic rings. The second kappa shape index (κ2) is 9.01. The zero-order valence-corrected chi connectivity index (χ0v) is 3.82. The molecular weight excluding hydrogens is 106 g/mol. The molecule has 0 spiro atoms. The number of carbonyl (C=O) groups is 1. The van der Waals surface area contributed by atoms with Crippen molar-refractivity contribution in [3.05, 3.63) is 0 Å². The fourth-order valence-electron chi connectivity index (χ4n) is 0. The molecule has 0 aliphatic rings. The second-order valence-corrected chi connectivity index (χ2v) is 0.620. The lowest BCUT2D eigenvalue weighted by Gasteiger charge is -1.59. The maximum Gasteiger partial charge on any atom is 0.300 e. The van der Waals surface area contributed by atoms with E-state index in [1.165, 1.54) is 0 Å². The number of carboxylic acid groups (broad SMARTS) is 1. The lowest BCUT2D eigenvalue weighted by atomic mass is 10.9. The van der Waals surface area contributed by atoms with Crippen LogP contribution in [0.5, 0.6) is 0 Å². The van der Waals surface area contributed by atoms with Gasteiger partial charge in [0, 0.05) is 6.92 Å². The first-order valence-electron chi connectivity index (χ1n) is 1.46. The Labute approximate surface area is 39.8 Å². The molecule has 7 heavy (non-hydrogen) atoms. The van der Waals surface area contributed by atoms with E-state index in [2.05, 4.69) is 0 Å². The van der Waals surface area contributed by atoms with E-state index in [9.17, 15) is 8.78 Å². The molecule has 0 saturated heterocycles. The van der Waals surface area contributed by atoms with Gasteiger partial charge in [-0.3, -0.25) is 4.79 Å². The van der Waals surface area contributed by atoms with Gasteiger partial charge >= 0.3 is 0 Å². The van der Waals surface area contributed by atoms with Gasteiger partial charge in [0.05, 0.1) is 0 Å². The summed E-state index contributed by atoms with van der Waals surface area (Å²) in [4.78, 5) is 9.00. The Morgan fingerprint density at radius 3 is 1.71 bits per heavy atom. The maximum absolute atomic E-state index is 9.62. The van der Waals surface area contributed by atoms with Gasteiger partial charge in [-0.1, -0.05) is 0 Å². The standard InChI is InChI=1S/C2H4O2.CH2F2/c1-2(3)4;2-1-3/h1H3,(H,3,4);1H2.